The quantitative estimate of drug-likeness (QED) is 0.813. The molecular formula is C12H14N2O2. The number of nitrogens with zero attached hydrogens (tertiary/aromatic N) is 1. The summed E-state index contributed by atoms with van der Waals surface area (Å²) in [6.45, 7) is 2.66. The first kappa shape index (κ1) is 12.1. The van der Waals surface area contributed by atoms with Crippen LogP contribution < -0.4 is 10.1 Å². The van der Waals surface area contributed by atoms with E-state index in [4.69, 9.17) is 10.00 Å². The molecule has 1 aromatic rings. The van der Waals surface area contributed by atoms with Crippen molar-refractivity contribution in [3.05, 3.63) is 29.8 Å². The average Bonchev–Trinajstić information content (AvgIpc) is 2.34. The number of carbonyl (C=O) groups is 1. The normalized spacial score (nSPS) is 9.25. The highest BCUT2D eigenvalue weighted by molar-refractivity contribution is 5.77. The second-order valence-electron chi connectivity index (χ2n) is 3.27. The smallest absolute Gasteiger partial charge is 0.257 e. The van der Waals surface area contributed by atoms with Crippen molar-refractivity contribution in [2.24, 2.45) is 0 Å². The summed E-state index contributed by atoms with van der Waals surface area (Å²) in [5.41, 5.74) is 0.572. The Balaban J connectivity index is 2.37. The second kappa shape index (κ2) is 6.46. The van der Waals surface area contributed by atoms with E-state index in [-0.39, 0.29) is 12.5 Å². The van der Waals surface area contributed by atoms with E-state index in [1.807, 2.05) is 13.0 Å². The van der Waals surface area contributed by atoms with Gasteiger partial charge in [0, 0.05) is 6.54 Å². The van der Waals surface area contributed by atoms with E-state index < -0.39 is 0 Å². The molecule has 0 fully saturated rings. The van der Waals surface area contributed by atoms with E-state index in [0.29, 0.717) is 17.9 Å². The highest BCUT2D eigenvalue weighted by Gasteiger charge is 2.01. The molecule has 1 amide bonds. The molecule has 1 rings (SSSR count). The van der Waals surface area contributed by atoms with E-state index in [1.165, 1.54) is 0 Å². The average molecular weight is 218 g/mol. The van der Waals surface area contributed by atoms with Gasteiger partial charge in [0.05, 0.1) is 11.6 Å². The van der Waals surface area contributed by atoms with E-state index >= 15 is 0 Å². The Labute approximate surface area is 94.8 Å². The largest absolute Gasteiger partial charge is 0.484 e. The molecule has 1 N–H and O–H groups in total. The zero-order valence-corrected chi connectivity index (χ0v) is 9.19. The van der Waals surface area contributed by atoms with Gasteiger partial charge in [-0.3, -0.25) is 4.79 Å². The van der Waals surface area contributed by atoms with Gasteiger partial charge in [0.1, 0.15) is 5.75 Å². The number of amides is 1. The first-order valence-corrected chi connectivity index (χ1v) is 5.16. The third kappa shape index (κ3) is 4.01. The Bertz CT molecular complexity index is 379. The van der Waals surface area contributed by atoms with Crippen molar-refractivity contribution in [2.75, 3.05) is 13.2 Å². The van der Waals surface area contributed by atoms with Gasteiger partial charge < -0.3 is 10.1 Å². The summed E-state index contributed by atoms with van der Waals surface area (Å²) in [5, 5.41) is 11.3. The maximum absolute atomic E-state index is 11.2. The van der Waals surface area contributed by atoms with Crippen LogP contribution in [0.3, 0.4) is 0 Å². The van der Waals surface area contributed by atoms with Gasteiger partial charge in [-0.2, -0.15) is 5.26 Å². The summed E-state index contributed by atoms with van der Waals surface area (Å²) in [7, 11) is 0. The molecule has 0 saturated carbocycles. The van der Waals surface area contributed by atoms with Gasteiger partial charge in [-0.05, 0) is 30.7 Å². The first-order valence-electron chi connectivity index (χ1n) is 5.16. The molecule has 0 radical (unpaired) electrons. The number of carbonyl (C=O) groups excluding carboxylic acids is 1. The van der Waals surface area contributed by atoms with Crippen molar-refractivity contribution < 1.29 is 9.53 Å². The number of rotatable bonds is 5. The fourth-order valence-corrected chi connectivity index (χ4v) is 1.09. The lowest BCUT2D eigenvalue weighted by molar-refractivity contribution is -0.123. The summed E-state index contributed by atoms with van der Waals surface area (Å²) in [5.74, 6) is 0.455. The molecule has 84 valence electrons. The number of nitrogens with one attached hydrogen (secondary N) is 1. The Morgan fingerprint density at radius 2 is 2.12 bits per heavy atom. The number of hydrogen-bond donors (Lipinski definition) is 1. The number of ether oxygens (including phenoxy) is 1. The van der Waals surface area contributed by atoms with Crippen LogP contribution in [0, 0.1) is 11.3 Å². The molecule has 4 nitrogen and oxygen atoms in total. The maximum Gasteiger partial charge on any atom is 0.257 e. The number of hydrogen-bond acceptors (Lipinski definition) is 3. The topological polar surface area (TPSA) is 62.1 Å². The summed E-state index contributed by atoms with van der Waals surface area (Å²) in [6, 6.07) is 8.66. The van der Waals surface area contributed by atoms with Crippen LogP contribution in [-0.2, 0) is 4.79 Å². The van der Waals surface area contributed by atoms with Crippen LogP contribution in [0.25, 0.3) is 0 Å². The van der Waals surface area contributed by atoms with Gasteiger partial charge >= 0.3 is 0 Å². The maximum atomic E-state index is 11.2. The molecule has 1 aromatic carbocycles. The van der Waals surface area contributed by atoms with Gasteiger partial charge in [0.2, 0.25) is 0 Å². The molecule has 0 aliphatic rings. The lowest BCUT2D eigenvalue weighted by atomic mass is 10.2. The molecule has 0 aromatic heterocycles. The molecule has 0 spiro atoms. The van der Waals surface area contributed by atoms with Crippen LogP contribution in [0.4, 0.5) is 0 Å². The zero-order valence-electron chi connectivity index (χ0n) is 9.19. The molecule has 4 heteroatoms. The van der Waals surface area contributed by atoms with Gasteiger partial charge in [-0.15, -0.1) is 0 Å². The fraction of sp³-hybridized carbons (Fsp3) is 0.333. The third-order valence-corrected chi connectivity index (χ3v) is 1.93. The van der Waals surface area contributed by atoms with Crippen LogP contribution in [0.15, 0.2) is 24.3 Å². The fourth-order valence-electron chi connectivity index (χ4n) is 1.09. The minimum atomic E-state index is -0.133. The molecule has 16 heavy (non-hydrogen) atoms. The van der Waals surface area contributed by atoms with Crippen molar-refractivity contribution in [3.8, 4) is 11.8 Å². The lowest BCUT2D eigenvalue weighted by Crippen LogP contribution is -2.29. The molecule has 0 aliphatic carbocycles. The monoisotopic (exact) mass is 218 g/mol. The standard InChI is InChI=1S/C12H14N2O2/c1-2-7-14-12(15)9-16-11-5-3-10(8-13)4-6-11/h3-6H,2,7,9H2,1H3,(H,14,15). The predicted molar refractivity (Wildman–Crippen MR) is 60.0 cm³/mol. The van der Waals surface area contributed by atoms with Crippen LogP contribution >= 0.6 is 0 Å². The Morgan fingerprint density at radius 3 is 2.69 bits per heavy atom. The van der Waals surface area contributed by atoms with Crippen molar-refractivity contribution >= 4 is 5.91 Å². The zero-order chi connectivity index (χ0) is 11.8. The van der Waals surface area contributed by atoms with E-state index in [2.05, 4.69) is 5.32 Å². The lowest BCUT2D eigenvalue weighted by Gasteiger charge is -2.06. The van der Waals surface area contributed by atoms with Crippen molar-refractivity contribution in [1.29, 1.82) is 5.26 Å². The highest BCUT2D eigenvalue weighted by Crippen LogP contribution is 2.10. The molecule has 0 atom stereocenters. The summed E-state index contributed by atoms with van der Waals surface area (Å²) < 4.78 is 5.24. The Hall–Kier alpha value is -2.02. The third-order valence-electron chi connectivity index (χ3n) is 1.93. The predicted octanol–water partition coefficient (Wildman–Crippen LogP) is 1.46. The molecule has 0 bridgehead atoms. The number of benzene rings is 1. The van der Waals surface area contributed by atoms with Crippen LogP contribution in [0.5, 0.6) is 5.75 Å². The van der Waals surface area contributed by atoms with Crippen LogP contribution in [0.1, 0.15) is 18.9 Å². The minimum Gasteiger partial charge on any atom is -0.484 e. The SMILES string of the molecule is CCCNC(=O)COc1ccc(C#N)cc1. The van der Waals surface area contributed by atoms with Gasteiger partial charge in [0.15, 0.2) is 6.61 Å². The number of nitriles is 1. The van der Waals surface area contributed by atoms with Gasteiger partial charge in [0.25, 0.3) is 5.91 Å². The van der Waals surface area contributed by atoms with Crippen LogP contribution in [0.2, 0.25) is 0 Å². The Kier molecular flexibility index (Phi) is 4.87. The van der Waals surface area contributed by atoms with E-state index in [9.17, 15) is 4.79 Å². The van der Waals surface area contributed by atoms with Crippen molar-refractivity contribution in [1.82, 2.24) is 5.32 Å². The van der Waals surface area contributed by atoms with Crippen LogP contribution in [-0.4, -0.2) is 19.1 Å². The van der Waals surface area contributed by atoms with E-state index in [0.717, 1.165) is 6.42 Å². The van der Waals surface area contributed by atoms with Gasteiger partial charge in [-0.25, -0.2) is 0 Å². The molecular weight excluding hydrogens is 204 g/mol. The molecule has 0 heterocycles. The minimum absolute atomic E-state index is 0.00585. The molecule has 0 unspecified atom stereocenters. The summed E-state index contributed by atoms with van der Waals surface area (Å²) in [6.07, 6.45) is 0.905. The Morgan fingerprint density at radius 1 is 1.44 bits per heavy atom. The summed E-state index contributed by atoms with van der Waals surface area (Å²) >= 11 is 0. The highest BCUT2D eigenvalue weighted by atomic mass is 16.5. The molecule has 0 aliphatic heterocycles. The first-order chi connectivity index (χ1) is 7.76. The summed E-state index contributed by atoms with van der Waals surface area (Å²) in [4.78, 5) is 11.2. The van der Waals surface area contributed by atoms with Gasteiger partial charge in [-0.1, -0.05) is 6.92 Å². The van der Waals surface area contributed by atoms with E-state index in [1.54, 1.807) is 24.3 Å². The van der Waals surface area contributed by atoms with Crippen molar-refractivity contribution in [3.63, 3.8) is 0 Å². The second-order valence-corrected chi connectivity index (χ2v) is 3.27. The van der Waals surface area contributed by atoms with Crippen molar-refractivity contribution in [2.45, 2.75) is 13.3 Å². The molecule has 0 saturated heterocycles.